The van der Waals surface area contributed by atoms with Crippen LogP contribution in [0.4, 0.5) is 5.69 Å². The number of nitrogens with two attached hydrogens (primary N) is 1. The molecule has 3 N–H and O–H groups in total. The van der Waals surface area contributed by atoms with Gasteiger partial charge >= 0.3 is 0 Å². The molecule has 0 aliphatic carbocycles. The SMILES string of the molecule is CCN(CC)Cc1ccc(CN=C(N)Nc2ccc(C)c(C)c2)cc1. The van der Waals surface area contributed by atoms with E-state index in [2.05, 4.69) is 79.3 Å². The summed E-state index contributed by atoms with van der Waals surface area (Å²) in [6.07, 6.45) is 0. The molecule has 0 spiro atoms. The standard InChI is InChI=1S/C21H30N4/c1-5-25(6-2)15-19-10-8-18(9-11-19)14-23-21(22)24-20-12-7-16(3)17(4)13-20/h7-13H,5-6,14-15H2,1-4H3,(H3,22,23,24). The maximum absolute atomic E-state index is 6.01. The number of nitrogens with one attached hydrogen (secondary N) is 1. The minimum Gasteiger partial charge on any atom is -0.370 e. The number of hydrogen-bond donors (Lipinski definition) is 2. The average molecular weight is 338 g/mol. The van der Waals surface area contributed by atoms with Crippen molar-refractivity contribution in [2.75, 3.05) is 18.4 Å². The topological polar surface area (TPSA) is 53.6 Å². The second-order valence-corrected chi connectivity index (χ2v) is 6.40. The van der Waals surface area contributed by atoms with Gasteiger partial charge in [0.2, 0.25) is 0 Å². The van der Waals surface area contributed by atoms with E-state index in [0.717, 1.165) is 30.9 Å². The predicted octanol–water partition coefficient (Wildman–Crippen LogP) is 4.07. The molecular formula is C21H30N4. The van der Waals surface area contributed by atoms with Crippen molar-refractivity contribution in [3.63, 3.8) is 0 Å². The lowest BCUT2D eigenvalue weighted by Crippen LogP contribution is -2.22. The average Bonchev–Trinajstić information content (AvgIpc) is 2.62. The molecule has 2 aromatic rings. The predicted molar refractivity (Wildman–Crippen MR) is 108 cm³/mol. The first kappa shape index (κ1) is 19.0. The number of anilines is 1. The number of aryl methyl sites for hydroxylation is 2. The van der Waals surface area contributed by atoms with Gasteiger partial charge < -0.3 is 11.1 Å². The van der Waals surface area contributed by atoms with E-state index < -0.39 is 0 Å². The molecule has 0 fully saturated rings. The van der Waals surface area contributed by atoms with Crippen molar-refractivity contribution < 1.29 is 0 Å². The van der Waals surface area contributed by atoms with Crippen LogP contribution in [0.1, 0.15) is 36.1 Å². The highest BCUT2D eigenvalue weighted by Gasteiger charge is 2.02. The lowest BCUT2D eigenvalue weighted by Gasteiger charge is -2.17. The summed E-state index contributed by atoms with van der Waals surface area (Å²) in [4.78, 5) is 6.84. The largest absolute Gasteiger partial charge is 0.370 e. The number of rotatable bonds is 7. The van der Waals surface area contributed by atoms with E-state index in [4.69, 9.17) is 5.73 Å². The van der Waals surface area contributed by atoms with E-state index in [9.17, 15) is 0 Å². The second kappa shape index (κ2) is 9.23. The Morgan fingerprint density at radius 1 is 0.960 bits per heavy atom. The minimum absolute atomic E-state index is 0.440. The third kappa shape index (κ3) is 5.91. The number of guanidine groups is 1. The van der Waals surface area contributed by atoms with Crippen LogP contribution in [0.5, 0.6) is 0 Å². The zero-order valence-corrected chi connectivity index (χ0v) is 15.8. The van der Waals surface area contributed by atoms with Crippen molar-refractivity contribution >= 4 is 11.6 Å². The lowest BCUT2D eigenvalue weighted by atomic mass is 10.1. The maximum atomic E-state index is 6.01. The smallest absolute Gasteiger partial charge is 0.193 e. The summed E-state index contributed by atoms with van der Waals surface area (Å²) in [5.41, 5.74) is 12.0. The van der Waals surface area contributed by atoms with Gasteiger partial charge in [-0.3, -0.25) is 4.90 Å². The summed E-state index contributed by atoms with van der Waals surface area (Å²) in [6, 6.07) is 14.8. The van der Waals surface area contributed by atoms with Crippen molar-refractivity contribution in [1.82, 2.24) is 4.90 Å². The minimum atomic E-state index is 0.440. The Labute approximate surface area is 151 Å². The van der Waals surface area contributed by atoms with E-state index in [1.807, 2.05) is 6.07 Å². The van der Waals surface area contributed by atoms with Gasteiger partial charge in [0.15, 0.2) is 5.96 Å². The third-order valence-electron chi connectivity index (χ3n) is 4.53. The Morgan fingerprint density at radius 2 is 1.60 bits per heavy atom. The summed E-state index contributed by atoms with van der Waals surface area (Å²) < 4.78 is 0. The monoisotopic (exact) mass is 338 g/mol. The van der Waals surface area contributed by atoms with Crippen LogP contribution in [0, 0.1) is 13.8 Å². The summed E-state index contributed by atoms with van der Waals surface area (Å²) in [7, 11) is 0. The molecular weight excluding hydrogens is 308 g/mol. The summed E-state index contributed by atoms with van der Waals surface area (Å²) >= 11 is 0. The van der Waals surface area contributed by atoms with Gasteiger partial charge in [-0.05, 0) is 61.3 Å². The maximum Gasteiger partial charge on any atom is 0.193 e. The van der Waals surface area contributed by atoms with Crippen LogP contribution in [0.2, 0.25) is 0 Å². The van der Waals surface area contributed by atoms with E-state index in [-0.39, 0.29) is 0 Å². The van der Waals surface area contributed by atoms with Gasteiger partial charge in [0.25, 0.3) is 0 Å². The van der Waals surface area contributed by atoms with E-state index in [0.29, 0.717) is 12.5 Å². The third-order valence-corrected chi connectivity index (χ3v) is 4.53. The number of benzene rings is 2. The van der Waals surface area contributed by atoms with Crippen molar-refractivity contribution in [3.8, 4) is 0 Å². The van der Waals surface area contributed by atoms with Crippen molar-refractivity contribution in [1.29, 1.82) is 0 Å². The molecule has 134 valence electrons. The fraction of sp³-hybridized carbons (Fsp3) is 0.381. The highest BCUT2D eigenvalue weighted by molar-refractivity contribution is 5.92. The van der Waals surface area contributed by atoms with Crippen LogP contribution in [-0.2, 0) is 13.1 Å². The van der Waals surface area contributed by atoms with Crippen molar-refractivity contribution in [2.45, 2.75) is 40.8 Å². The lowest BCUT2D eigenvalue weighted by molar-refractivity contribution is 0.296. The molecule has 0 saturated carbocycles. The van der Waals surface area contributed by atoms with E-state index in [1.54, 1.807) is 0 Å². The first-order valence-corrected chi connectivity index (χ1v) is 8.96. The molecule has 0 atom stereocenters. The van der Waals surface area contributed by atoms with Gasteiger partial charge in [-0.15, -0.1) is 0 Å². The Bertz CT molecular complexity index is 700. The highest BCUT2D eigenvalue weighted by atomic mass is 15.1. The van der Waals surface area contributed by atoms with Gasteiger partial charge in [0, 0.05) is 12.2 Å². The number of hydrogen-bond acceptors (Lipinski definition) is 2. The fourth-order valence-electron chi connectivity index (χ4n) is 2.64. The van der Waals surface area contributed by atoms with Gasteiger partial charge in [-0.2, -0.15) is 0 Å². The zero-order chi connectivity index (χ0) is 18.2. The number of aliphatic imine (C=N–C) groups is 1. The summed E-state index contributed by atoms with van der Waals surface area (Å²) in [5, 5.41) is 3.15. The molecule has 0 radical (unpaired) electrons. The molecule has 4 heteroatoms. The molecule has 2 rings (SSSR count). The normalized spacial score (nSPS) is 11.8. The molecule has 25 heavy (non-hydrogen) atoms. The summed E-state index contributed by atoms with van der Waals surface area (Å²) in [5.74, 6) is 0.440. The number of nitrogens with zero attached hydrogens (tertiary/aromatic N) is 2. The molecule has 0 aliphatic rings. The van der Waals surface area contributed by atoms with Crippen LogP contribution < -0.4 is 11.1 Å². The molecule has 0 amide bonds. The molecule has 0 aliphatic heterocycles. The highest BCUT2D eigenvalue weighted by Crippen LogP contribution is 2.14. The summed E-state index contributed by atoms with van der Waals surface area (Å²) in [6.45, 7) is 12.3. The molecule has 0 saturated heterocycles. The van der Waals surface area contributed by atoms with Crippen LogP contribution in [0.3, 0.4) is 0 Å². The van der Waals surface area contributed by atoms with Crippen molar-refractivity contribution in [3.05, 3.63) is 64.7 Å². The fourth-order valence-corrected chi connectivity index (χ4v) is 2.64. The van der Waals surface area contributed by atoms with Gasteiger partial charge in [0.1, 0.15) is 0 Å². The van der Waals surface area contributed by atoms with Crippen LogP contribution >= 0.6 is 0 Å². The second-order valence-electron chi connectivity index (χ2n) is 6.40. The molecule has 2 aromatic carbocycles. The molecule has 0 aromatic heterocycles. The molecule has 0 heterocycles. The van der Waals surface area contributed by atoms with Crippen molar-refractivity contribution in [2.24, 2.45) is 10.7 Å². The van der Waals surface area contributed by atoms with E-state index >= 15 is 0 Å². The van der Waals surface area contributed by atoms with E-state index in [1.165, 1.54) is 16.7 Å². The Balaban J connectivity index is 1.92. The Hall–Kier alpha value is -2.33. The molecule has 4 nitrogen and oxygen atoms in total. The quantitative estimate of drug-likeness (QED) is 0.591. The Kier molecular flexibility index (Phi) is 7.02. The first-order chi connectivity index (χ1) is 12.0. The van der Waals surface area contributed by atoms with Crippen LogP contribution in [-0.4, -0.2) is 23.9 Å². The molecule has 0 unspecified atom stereocenters. The van der Waals surface area contributed by atoms with Gasteiger partial charge in [0.05, 0.1) is 6.54 Å². The Morgan fingerprint density at radius 3 is 2.20 bits per heavy atom. The molecule has 0 bridgehead atoms. The van der Waals surface area contributed by atoms with Gasteiger partial charge in [-0.25, -0.2) is 4.99 Å². The zero-order valence-electron chi connectivity index (χ0n) is 15.8. The van der Waals surface area contributed by atoms with Crippen LogP contribution in [0.15, 0.2) is 47.5 Å². The van der Waals surface area contributed by atoms with Gasteiger partial charge in [-0.1, -0.05) is 44.2 Å². The van der Waals surface area contributed by atoms with Crippen LogP contribution in [0.25, 0.3) is 0 Å². The first-order valence-electron chi connectivity index (χ1n) is 8.96.